The van der Waals surface area contributed by atoms with Crippen LogP contribution in [0.2, 0.25) is 0 Å². The zero-order valence-corrected chi connectivity index (χ0v) is 11.7. The molecule has 2 aliphatic heterocycles. The molecule has 0 aromatic carbocycles. The first-order valence-electron chi connectivity index (χ1n) is 6.55. The van der Waals surface area contributed by atoms with Crippen LogP contribution in [0.15, 0.2) is 5.16 Å². The van der Waals surface area contributed by atoms with Gasteiger partial charge in [0.25, 0.3) is 0 Å². The monoisotopic (exact) mass is 254 g/mol. The standard InChI is InChI=1S/C13H22N2O3/c1-5-10-8-13(18-14-10)6-7-15(9-13)11(16)17-12(2,3)4/h5-9H2,1-4H3. The summed E-state index contributed by atoms with van der Waals surface area (Å²) in [6.07, 6.45) is 2.32. The van der Waals surface area contributed by atoms with Gasteiger partial charge in [0.1, 0.15) is 5.60 Å². The Hall–Kier alpha value is -1.26. The molecule has 0 N–H and O–H groups in total. The van der Waals surface area contributed by atoms with Crippen LogP contribution in [0.3, 0.4) is 0 Å². The second kappa shape index (κ2) is 4.44. The molecule has 1 atom stereocenters. The average molecular weight is 254 g/mol. The van der Waals surface area contributed by atoms with E-state index < -0.39 is 5.60 Å². The van der Waals surface area contributed by atoms with E-state index >= 15 is 0 Å². The van der Waals surface area contributed by atoms with Crippen molar-refractivity contribution in [3.63, 3.8) is 0 Å². The summed E-state index contributed by atoms with van der Waals surface area (Å²) in [5.41, 5.74) is 0.345. The molecular weight excluding hydrogens is 232 g/mol. The fourth-order valence-corrected chi connectivity index (χ4v) is 2.33. The molecular formula is C13H22N2O3. The highest BCUT2D eigenvalue weighted by Crippen LogP contribution is 2.34. The third kappa shape index (κ3) is 2.76. The highest BCUT2D eigenvalue weighted by molar-refractivity contribution is 5.86. The molecule has 5 heteroatoms. The van der Waals surface area contributed by atoms with Gasteiger partial charge in [-0.05, 0) is 27.2 Å². The highest BCUT2D eigenvalue weighted by Gasteiger charge is 2.46. The molecule has 0 aromatic rings. The summed E-state index contributed by atoms with van der Waals surface area (Å²) in [6, 6.07) is 0. The van der Waals surface area contributed by atoms with Crippen molar-refractivity contribution in [3.05, 3.63) is 0 Å². The molecule has 102 valence electrons. The Bertz CT molecular complexity index is 373. The van der Waals surface area contributed by atoms with E-state index in [0.717, 1.165) is 25.0 Å². The Labute approximate surface area is 108 Å². The zero-order chi connectivity index (χ0) is 13.4. The first-order valence-corrected chi connectivity index (χ1v) is 6.55. The molecule has 1 amide bonds. The van der Waals surface area contributed by atoms with Gasteiger partial charge in [0.15, 0.2) is 5.60 Å². The molecule has 2 aliphatic rings. The number of carbonyl (C=O) groups is 1. The van der Waals surface area contributed by atoms with Crippen molar-refractivity contribution in [1.82, 2.24) is 4.90 Å². The normalized spacial score (nSPS) is 27.3. The molecule has 2 heterocycles. The summed E-state index contributed by atoms with van der Waals surface area (Å²) in [5.74, 6) is 0. The van der Waals surface area contributed by atoms with E-state index in [1.807, 2.05) is 20.8 Å². The van der Waals surface area contributed by atoms with Crippen LogP contribution < -0.4 is 0 Å². The Morgan fingerprint density at radius 1 is 1.56 bits per heavy atom. The first kappa shape index (κ1) is 13.2. The van der Waals surface area contributed by atoms with Gasteiger partial charge in [-0.3, -0.25) is 0 Å². The van der Waals surface area contributed by atoms with Crippen molar-refractivity contribution >= 4 is 11.8 Å². The molecule has 1 saturated heterocycles. The lowest BCUT2D eigenvalue weighted by Gasteiger charge is -2.25. The predicted molar refractivity (Wildman–Crippen MR) is 68.6 cm³/mol. The number of carbonyl (C=O) groups excluding carboxylic acids is 1. The van der Waals surface area contributed by atoms with Crippen LogP contribution in [-0.2, 0) is 9.57 Å². The molecule has 1 spiro atoms. The number of nitrogens with zero attached hydrogens (tertiary/aromatic N) is 2. The van der Waals surface area contributed by atoms with Gasteiger partial charge >= 0.3 is 6.09 Å². The van der Waals surface area contributed by atoms with Gasteiger partial charge in [0, 0.05) is 19.4 Å². The fourth-order valence-electron chi connectivity index (χ4n) is 2.33. The summed E-state index contributed by atoms with van der Waals surface area (Å²) >= 11 is 0. The van der Waals surface area contributed by atoms with Gasteiger partial charge in [0.2, 0.25) is 0 Å². The molecule has 0 aliphatic carbocycles. The maximum atomic E-state index is 12.0. The van der Waals surface area contributed by atoms with Gasteiger partial charge in [0.05, 0.1) is 12.3 Å². The Morgan fingerprint density at radius 3 is 2.83 bits per heavy atom. The number of rotatable bonds is 1. The van der Waals surface area contributed by atoms with Crippen molar-refractivity contribution in [2.45, 2.75) is 58.2 Å². The van der Waals surface area contributed by atoms with E-state index in [2.05, 4.69) is 12.1 Å². The number of hydrogen-bond acceptors (Lipinski definition) is 4. The van der Waals surface area contributed by atoms with Crippen molar-refractivity contribution in [1.29, 1.82) is 0 Å². The van der Waals surface area contributed by atoms with Crippen LogP contribution >= 0.6 is 0 Å². The topological polar surface area (TPSA) is 51.1 Å². The number of oxime groups is 1. The highest BCUT2D eigenvalue weighted by atomic mass is 16.7. The van der Waals surface area contributed by atoms with E-state index in [4.69, 9.17) is 9.57 Å². The summed E-state index contributed by atoms with van der Waals surface area (Å²) in [6.45, 7) is 8.96. The van der Waals surface area contributed by atoms with Crippen molar-refractivity contribution in [2.24, 2.45) is 5.16 Å². The van der Waals surface area contributed by atoms with Crippen molar-refractivity contribution in [2.75, 3.05) is 13.1 Å². The lowest BCUT2D eigenvalue weighted by atomic mass is 9.96. The van der Waals surface area contributed by atoms with E-state index in [0.29, 0.717) is 13.1 Å². The minimum atomic E-state index is -0.450. The number of ether oxygens (including phenoxy) is 1. The lowest BCUT2D eigenvalue weighted by molar-refractivity contribution is -0.0159. The Balaban J connectivity index is 1.92. The van der Waals surface area contributed by atoms with Gasteiger partial charge in [-0.25, -0.2) is 4.79 Å². The largest absolute Gasteiger partial charge is 0.444 e. The maximum absolute atomic E-state index is 12.0. The molecule has 0 saturated carbocycles. The second-order valence-corrected chi connectivity index (χ2v) is 6.11. The number of amides is 1. The van der Waals surface area contributed by atoms with Gasteiger partial charge in [-0.2, -0.15) is 0 Å². The van der Waals surface area contributed by atoms with Crippen LogP contribution in [0.4, 0.5) is 4.79 Å². The molecule has 0 bridgehead atoms. The zero-order valence-electron chi connectivity index (χ0n) is 11.7. The van der Waals surface area contributed by atoms with E-state index in [9.17, 15) is 4.79 Å². The van der Waals surface area contributed by atoms with E-state index in [1.54, 1.807) is 4.90 Å². The van der Waals surface area contributed by atoms with Crippen LogP contribution in [0.5, 0.6) is 0 Å². The minimum absolute atomic E-state index is 0.257. The van der Waals surface area contributed by atoms with Crippen LogP contribution in [0.1, 0.15) is 47.0 Å². The quantitative estimate of drug-likeness (QED) is 0.722. The summed E-state index contributed by atoms with van der Waals surface area (Å²) in [7, 11) is 0. The van der Waals surface area contributed by atoms with Crippen LogP contribution in [0, 0.1) is 0 Å². The smallest absolute Gasteiger partial charge is 0.410 e. The molecule has 2 rings (SSSR count). The molecule has 0 radical (unpaired) electrons. The minimum Gasteiger partial charge on any atom is -0.444 e. The summed E-state index contributed by atoms with van der Waals surface area (Å²) in [4.78, 5) is 19.2. The SMILES string of the molecule is CCC1=NOC2(CCN(C(=O)OC(C)(C)C)C2)C1. The Morgan fingerprint density at radius 2 is 2.28 bits per heavy atom. The summed E-state index contributed by atoms with van der Waals surface area (Å²) in [5, 5.41) is 4.10. The van der Waals surface area contributed by atoms with Gasteiger partial charge in [-0.15, -0.1) is 0 Å². The molecule has 1 fully saturated rings. The molecule has 0 aromatic heterocycles. The number of likely N-dealkylation sites (tertiary alicyclic amines) is 1. The first-order chi connectivity index (χ1) is 8.34. The summed E-state index contributed by atoms with van der Waals surface area (Å²) < 4.78 is 5.37. The third-order valence-electron chi connectivity index (χ3n) is 3.27. The lowest BCUT2D eigenvalue weighted by Crippen LogP contribution is -2.39. The fraction of sp³-hybridized carbons (Fsp3) is 0.846. The van der Waals surface area contributed by atoms with Gasteiger partial charge < -0.3 is 14.5 Å². The maximum Gasteiger partial charge on any atom is 0.410 e. The predicted octanol–water partition coefficient (Wildman–Crippen LogP) is 2.55. The third-order valence-corrected chi connectivity index (χ3v) is 3.27. The Kier molecular flexibility index (Phi) is 3.25. The average Bonchev–Trinajstić information content (AvgIpc) is 2.84. The van der Waals surface area contributed by atoms with Crippen LogP contribution in [-0.4, -0.2) is 41.0 Å². The van der Waals surface area contributed by atoms with E-state index in [1.165, 1.54) is 0 Å². The van der Waals surface area contributed by atoms with Gasteiger partial charge in [-0.1, -0.05) is 12.1 Å². The molecule has 5 nitrogen and oxygen atoms in total. The molecule has 1 unspecified atom stereocenters. The number of hydrogen-bond donors (Lipinski definition) is 0. The molecule has 18 heavy (non-hydrogen) atoms. The van der Waals surface area contributed by atoms with Crippen molar-refractivity contribution < 1.29 is 14.4 Å². The van der Waals surface area contributed by atoms with E-state index in [-0.39, 0.29) is 11.7 Å². The van der Waals surface area contributed by atoms with Crippen LogP contribution in [0.25, 0.3) is 0 Å². The van der Waals surface area contributed by atoms with Crippen molar-refractivity contribution in [3.8, 4) is 0 Å². The second-order valence-electron chi connectivity index (χ2n) is 6.11.